The molecule has 0 aromatic carbocycles. The number of carbonyl (C=O) groups excluding carboxylic acids is 1. The number of carboxylic acid groups (broad SMARTS) is 1. The largest absolute Gasteiger partial charge is 0.480 e. The molecule has 2 aromatic rings. The third-order valence-corrected chi connectivity index (χ3v) is 4.61. The van der Waals surface area contributed by atoms with Crippen molar-refractivity contribution in [3.63, 3.8) is 0 Å². The van der Waals surface area contributed by atoms with Crippen LogP contribution in [0.2, 0.25) is 0 Å². The summed E-state index contributed by atoms with van der Waals surface area (Å²) in [5.74, 6) is -1.19. The number of thiophene rings is 1. The van der Waals surface area contributed by atoms with Crippen molar-refractivity contribution >= 4 is 23.2 Å². The number of nitrogens with zero attached hydrogens (tertiary/aromatic N) is 1. The fourth-order valence-corrected chi connectivity index (χ4v) is 3.27. The maximum absolute atomic E-state index is 12.2. The zero-order valence-electron chi connectivity index (χ0n) is 11.9. The first-order valence-corrected chi connectivity index (χ1v) is 7.74. The number of carboxylic acids is 1. The van der Waals surface area contributed by atoms with Gasteiger partial charge in [-0.1, -0.05) is 0 Å². The molecule has 0 unspecified atom stereocenters. The van der Waals surface area contributed by atoms with Gasteiger partial charge >= 0.3 is 5.97 Å². The Morgan fingerprint density at radius 3 is 2.91 bits per heavy atom. The SMILES string of the molecule is Cc1ccc(-c2cc(C(=O)N[C@@H]3CN[C@H](C(=O)O)C3)n[nH]2)s1. The van der Waals surface area contributed by atoms with E-state index in [0.717, 1.165) is 10.6 Å². The van der Waals surface area contributed by atoms with E-state index in [1.165, 1.54) is 4.88 Å². The second kappa shape index (κ2) is 5.90. The first-order valence-electron chi connectivity index (χ1n) is 6.92. The summed E-state index contributed by atoms with van der Waals surface area (Å²) in [6, 6.07) is 4.90. The second-order valence-corrected chi connectivity index (χ2v) is 6.57. The van der Waals surface area contributed by atoms with Gasteiger partial charge < -0.3 is 15.7 Å². The molecular weight excluding hydrogens is 304 g/mol. The molecule has 1 aliphatic rings. The molecule has 116 valence electrons. The molecule has 1 fully saturated rings. The van der Waals surface area contributed by atoms with Gasteiger partial charge in [0.25, 0.3) is 5.91 Å². The Kier molecular flexibility index (Phi) is 3.95. The number of aliphatic carboxylic acids is 1. The highest BCUT2D eigenvalue weighted by atomic mass is 32.1. The smallest absolute Gasteiger partial charge is 0.320 e. The molecule has 4 N–H and O–H groups in total. The van der Waals surface area contributed by atoms with E-state index < -0.39 is 12.0 Å². The minimum Gasteiger partial charge on any atom is -0.480 e. The lowest BCUT2D eigenvalue weighted by molar-refractivity contribution is -0.139. The van der Waals surface area contributed by atoms with Crippen LogP contribution in [0.3, 0.4) is 0 Å². The van der Waals surface area contributed by atoms with Gasteiger partial charge in [0.1, 0.15) is 6.04 Å². The summed E-state index contributed by atoms with van der Waals surface area (Å²) in [4.78, 5) is 25.2. The van der Waals surface area contributed by atoms with Gasteiger partial charge in [-0.15, -0.1) is 11.3 Å². The van der Waals surface area contributed by atoms with Gasteiger partial charge in [-0.2, -0.15) is 5.10 Å². The molecular formula is C14H16N4O3S. The summed E-state index contributed by atoms with van der Waals surface area (Å²) < 4.78 is 0. The Labute approximate surface area is 130 Å². The van der Waals surface area contributed by atoms with Crippen LogP contribution in [0.1, 0.15) is 21.8 Å². The highest BCUT2D eigenvalue weighted by Crippen LogP contribution is 2.26. The minimum absolute atomic E-state index is 0.197. The second-order valence-electron chi connectivity index (χ2n) is 5.28. The number of aryl methyl sites for hydroxylation is 1. The predicted octanol–water partition coefficient (Wildman–Crippen LogP) is 0.992. The molecule has 3 rings (SSSR count). The van der Waals surface area contributed by atoms with Gasteiger partial charge in [-0.25, -0.2) is 0 Å². The molecule has 8 heteroatoms. The van der Waals surface area contributed by atoms with Crippen molar-refractivity contribution in [3.8, 4) is 10.6 Å². The molecule has 22 heavy (non-hydrogen) atoms. The maximum Gasteiger partial charge on any atom is 0.320 e. The van der Waals surface area contributed by atoms with Gasteiger partial charge in [0.2, 0.25) is 0 Å². The lowest BCUT2D eigenvalue weighted by atomic mass is 10.1. The normalized spacial score (nSPS) is 21.0. The first kappa shape index (κ1) is 14.7. The van der Waals surface area contributed by atoms with Gasteiger partial charge in [0.15, 0.2) is 5.69 Å². The van der Waals surface area contributed by atoms with Crippen molar-refractivity contribution in [2.75, 3.05) is 6.54 Å². The molecule has 0 saturated carbocycles. The Bertz CT molecular complexity index is 709. The minimum atomic E-state index is -0.896. The van der Waals surface area contributed by atoms with Crippen LogP contribution < -0.4 is 10.6 Å². The molecule has 3 heterocycles. The van der Waals surface area contributed by atoms with Gasteiger partial charge in [0.05, 0.1) is 10.6 Å². The molecule has 0 spiro atoms. The lowest BCUT2D eigenvalue weighted by Crippen LogP contribution is -2.36. The summed E-state index contributed by atoms with van der Waals surface area (Å²) in [6.07, 6.45) is 0.377. The highest BCUT2D eigenvalue weighted by Gasteiger charge is 2.30. The molecule has 7 nitrogen and oxygen atoms in total. The quantitative estimate of drug-likeness (QED) is 0.672. The number of nitrogens with one attached hydrogen (secondary N) is 3. The summed E-state index contributed by atoms with van der Waals surface area (Å²) in [5.41, 5.74) is 1.11. The van der Waals surface area contributed by atoms with Crippen LogP contribution >= 0.6 is 11.3 Å². The van der Waals surface area contributed by atoms with E-state index in [2.05, 4.69) is 20.8 Å². The van der Waals surface area contributed by atoms with Crippen LogP contribution in [-0.2, 0) is 4.79 Å². The van der Waals surface area contributed by atoms with E-state index >= 15 is 0 Å². The number of H-pyrrole nitrogens is 1. The van der Waals surface area contributed by atoms with Crippen LogP contribution in [0.5, 0.6) is 0 Å². The molecule has 0 radical (unpaired) electrons. The third kappa shape index (κ3) is 3.02. The van der Waals surface area contributed by atoms with Crippen LogP contribution in [0.15, 0.2) is 18.2 Å². The Balaban J connectivity index is 1.64. The van der Waals surface area contributed by atoms with Crippen LogP contribution in [0, 0.1) is 6.92 Å². The van der Waals surface area contributed by atoms with Crippen molar-refractivity contribution in [2.24, 2.45) is 0 Å². The number of amides is 1. The summed E-state index contributed by atoms with van der Waals surface area (Å²) in [5, 5.41) is 21.5. The number of aromatic amines is 1. The topological polar surface area (TPSA) is 107 Å². The van der Waals surface area contributed by atoms with Crippen molar-refractivity contribution in [1.82, 2.24) is 20.8 Å². The average molecular weight is 320 g/mol. The van der Waals surface area contributed by atoms with Crippen LogP contribution in [0.4, 0.5) is 0 Å². The Morgan fingerprint density at radius 1 is 1.45 bits per heavy atom. The standard InChI is InChI=1S/C14H16N4O3S/c1-7-2-3-12(22-7)9-5-10(18-17-9)13(19)16-8-4-11(14(20)21)15-6-8/h2-3,5,8,11,15H,4,6H2,1H3,(H,16,19)(H,17,18)(H,20,21)/t8-,11-/m0/s1. The monoisotopic (exact) mass is 320 g/mol. The van der Waals surface area contributed by atoms with Gasteiger partial charge in [-0.3, -0.25) is 14.7 Å². The number of hydrogen-bond acceptors (Lipinski definition) is 5. The average Bonchev–Trinajstić information content (AvgIpc) is 3.16. The van der Waals surface area contributed by atoms with E-state index in [0.29, 0.717) is 18.7 Å². The van der Waals surface area contributed by atoms with Crippen molar-refractivity contribution in [2.45, 2.75) is 25.4 Å². The molecule has 1 amide bonds. The fraction of sp³-hybridized carbons (Fsp3) is 0.357. The third-order valence-electron chi connectivity index (χ3n) is 3.58. The van der Waals surface area contributed by atoms with Crippen molar-refractivity contribution < 1.29 is 14.7 Å². The predicted molar refractivity (Wildman–Crippen MR) is 81.9 cm³/mol. The van der Waals surface area contributed by atoms with E-state index in [9.17, 15) is 9.59 Å². The highest BCUT2D eigenvalue weighted by molar-refractivity contribution is 7.15. The molecule has 2 atom stereocenters. The summed E-state index contributed by atoms with van der Waals surface area (Å²) in [6.45, 7) is 2.47. The molecule has 2 aromatic heterocycles. The number of rotatable bonds is 4. The lowest BCUT2D eigenvalue weighted by Gasteiger charge is -2.09. The molecule has 0 aliphatic carbocycles. The number of hydrogen-bond donors (Lipinski definition) is 4. The fourth-order valence-electron chi connectivity index (χ4n) is 2.44. The summed E-state index contributed by atoms with van der Waals surface area (Å²) >= 11 is 1.62. The van der Waals surface area contributed by atoms with E-state index in [-0.39, 0.29) is 11.9 Å². The van der Waals surface area contributed by atoms with E-state index in [1.54, 1.807) is 17.4 Å². The van der Waals surface area contributed by atoms with Crippen LogP contribution in [-0.4, -0.2) is 45.8 Å². The zero-order valence-corrected chi connectivity index (χ0v) is 12.7. The number of aromatic nitrogens is 2. The van der Waals surface area contributed by atoms with Crippen molar-refractivity contribution in [1.29, 1.82) is 0 Å². The van der Waals surface area contributed by atoms with E-state index in [4.69, 9.17) is 5.11 Å². The zero-order chi connectivity index (χ0) is 15.7. The van der Waals surface area contributed by atoms with Crippen LogP contribution in [0.25, 0.3) is 10.6 Å². The maximum atomic E-state index is 12.2. The Morgan fingerprint density at radius 2 is 2.27 bits per heavy atom. The summed E-state index contributed by atoms with van der Waals surface area (Å²) in [7, 11) is 0. The van der Waals surface area contributed by atoms with Gasteiger partial charge in [0, 0.05) is 17.5 Å². The number of carbonyl (C=O) groups is 2. The molecule has 1 saturated heterocycles. The molecule has 1 aliphatic heterocycles. The van der Waals surface area contributed by atoms with E-state index in [1.807, 2.05) is 19.1 Å². The first-order chi connectivity index (χ1) is 10.5. The Hall–Kier alpha value is -2.19. The van der Waals surface area contributed by atoms with Crippen molar-refractivity contribution in [3.05, 3.63) is 28.8 Å². The van der Waals surface area contributed by atoms with Gasteiger partial charge in [-0.05, 0) is 31.5 Å². The molecule has 0 bridgehead atoms.